The third-order valence-corrected chi connectivity index (χ3v) is 10.2. The summed E-state index contributed by atoms with van der Waals surface area (Å²) in [7, 11) is 0. The number of fused-ring (bicyclic) bond motifs is 6. The van der Waals surface area contributed by atoms with Gasteiger partial charge in [0.15, 0.2) is 0 Å². The average molecular weight is 519 g/mol. The number of cyclic esters (lactones) is 2. The van der Waals surface area contributed by atoms with Gasteiger partial charge in [-0.25, -0.2) is 9.59 Å². The molecule has 2 bridgehead atoms. The second-order valence-electron chi connectivity index (χ2n) is 12.0. The van der Waals surface area contributed by atoms with Gasteiger partial charge in [-0.15, -0.1) is 0 Å². The van der Waals surface area contributed by atoms with Crippen LogP contribution >= 0.6 is 0 Å². The molecule has 0 saturated carbocycles. The van der Waals surface area contributed by atoms with Crippen molar-refractivity contribution in [3.63, 3.8) is 0 Å². The molecule has 8 rings (SSSR count). The number of aliphatic carboxylic acids is 2. The van der Waals surface area contributed by atoms with Gasteiger partial charge in [0.25, 0.3) is 0 Å². The van der Waals surface area contributed by atoms with Crippen LogP contribution in [0, 0.1) is 0 Å². The molecule has 4 atom stereocenters. The molecule has 4 aromatic carbocycles. The van der Waals surface area contributed by atoms with Crippen LogP contribution in [0.15, 0.2) is 48.5 Å². The molecule has 1 heterocycles. The summed E-state index contributed by atoms with van der Waals surface area (Å²) in [5.41, 5.74) is 3.02. The molecule has 1 aliphatic heterocycles. The summed E-state index contributed by atoms with van der Waals surface area (Å²) in [6.45, 7) is 5.80. The van der Waals surface area contributed by atoms with E-state index in [2.05, 4.69) is 13.8 Å². The van der Waals surface area contributed by atoms with E-state index in [0.717, 1.165) is 39.4 Å². The summed E-state index contributed by atoms with van der Waals surface area (Å²) in [5, 5.41) is 23.7. The second-order valence-corrected chi connectivity index (χ2v) is 12.0. The number of carboxylic acids is 2. The molecule has 0 radical (unpaired) electrons. The zero-order chi connectivity index (χ0) is 27.4. The van der Waals surface area contributed by atoms with Gasteiger partial charge >= 0.3 is 23.9 Å². The molecule has 3 aliphatic carbocycles. The molecule has 7 heteroatoms. The van der Waals surface area contributed by atoms with Crippen molar-refractivity contribution in [3.05, 3.63) is 93.0 Å². The van der Waals surface area contributed by atoms with Crippen molar-refractivity contribution in [2.45, 2.75) is 49.4 Å². The summed E-state index contributed by atoms with van der Waals surface area (Å²) in [6.07, 6.45) is 0.721. The lowest BCUT2D eigenvalue weighted by atomic mass is 9.51. The predicted molar refractivity (Wildman–Crippen MR) is 141 cm³/mol. The van der Waals surface area contributed by atoms with Crippen LogP contribution in [0.5, 0.6) is 0 Å². The fourth-order valence-corrected chi connectivity index (χ4v) is 8.53. The Bertz CT molecular complexity index is 1890. The van der Waals surface area contributed by atoms with Crippen molar-refractivity contribution in [3.8, 4) is 0 Å². The zero-order valence-corrected chi connectivity index (χ0v) is 21.3. The van der Waals surface area contributed by atoms with Gasteiger partial charge in [-0.05, 0) is 75.0 Å². The first kappa shape index (κ1) is 22.5. The largest absolute Gasteiger partial charge is 0.481 e. The number of hydrogen-bond acceptors (Lipinski definition) is 5. The Morgan fingerprint density at radius 3 is 1.67 bits per heavy atom. The number of hydrogen-bond donors (Lipinski definition) is 2. The number of rotatable bonds is 2. The monoisotopic (exact) mass is 518 g/mol. The highest BCUT2D eigenvalue weighted by atomic mass is 16.6. The minimum atomic E-state index is -1.61. The first-order valence-electron chi connectivity index (χ1n) is 12.9. The molecule has 192 valence electrons. The van der Waals surface area contributed by atoms with E-state index in [0.29, 0.717) is 33.0 Å². The summed E-state index contributed by atoms with van der Waals surface area (Å²) in [4.78, 5) is 50.6. The number of carboxylic acid groups (broad SMARTS) is 2. The minimum absolute atomic E-state index is 0.368. The summed E-state index contributed by atoms with van der Waals surface area (Å²) in [5.74, 6) is -4.86. The van der Waals surface area contributed by atoms with Gasteiger partial charge in [-0.1, -0.05) is 50.2 Å². The van der Waals surface area contributed by atoms with Crippen molar-refractivity contribution in [2.75, 3.05) is 0 Å². The van der Waals surface area contributed by atoms with E-state index in [1.807, 2.05) is 24.3 Å². The number of carbonyl (C=O) groups is 4. The van der Waals surface area contributed by atoms with Gasteiger partial charge < -0.3 is 14.9 Å². The van der Waals surface area contributed by atoms with Crippen molar-refractivity contribution in [2.24, 2.45) is 0 Å². The molecule has 0 aromatic heterocycles. The van der Waals surface area contributed by atoms with Crippen LogP contribution in [-0.2, 0) is 30.6 Å². The molecule has 39 heavy (non-hydrogen) atoms. The van der Waals surface area contributed by atoms with Crippen molar-refractivity contribution in [1.29, 1.82) is 0 Å². The Balaban J connectivity index is 1.56. The molecular formula is C32H22O7. The average Bonchev–Trinajstić information content (AvgIpc) is 3.16. The number of benzene rings is 4. The molecule has 2 N–H and O–H groups in total. The second kappa shape index (κ2) is 6.37. The Hall–Kier alpha value is -4.52. The summed E-state index contributed by atoms with van der Waals surface area (Å²) < 4.78 is 5.01. The highest BCUT2D eigenvalue weighted by Gasteiger charge is 2.57. The lowest BCUT2D eigenvalue weighted by molar-refractivity contribution is -0.151. The van der Waals surface area contributed by atoms with E-state index in [1.54, 1.807) is 24.3 Å². The van der Waals surface area contributed by atoms with Crippen LogP contribution in [0.4, 0.5) is 0 Å². The van der Waals surface area contributed by atoms with E-state index >= 15 is 0 Å². The lowest BCUT2D eigenvalue weighted by Gasteiger charge is -2.51. The predicted octanol–water partition coefficient (Wildman–Crippen LogP) is 5.16. The standard InChI is InChI=1S/C32H22O7/c1-30-12-31(2,17-9-6-15-21-14(27(35)39-28(15)36)5-8-16(30)23(17)21)19-10-11-20-22-13(4-7-18(30)24(19)22)25(26(33)34)32(20,3)29(37)38/h4-11,25H,12H2,1-3H3,(H,33,34)(H,37,38). The molecule has 0 amide bonds. The Morgan fingerprint density at radius 1 is 0.692 bits per heavy atom. The van der Waals surface area contributed by atoms with Crippen molar-refractivity contribution < 1.29 is 34.1 Å². The van der Waals surface area contributed by atoms with E-state index in [1.165, 1.54) is 6.92 Å². The fraction of sp³-hybridized carbons (Fsp3) is 0.250. The highest BCUT2D eigenvalue weighted by Crippen LogP contribution is 2.63. The fourth-order valence-electron chi connectivity index (χ4n) is 8.53. The first-order valence-corrected chi connectivity index (χ1v) is 12.9. The molecule has 4 aliphatic rings. The number of carbonyl (C=O) groups excluding carboxylic acids is 2. The smallest absolute Gasteiger partial charge is 0.346 e. The third kappa shape index (κ3) is 2.18. The summed E-state index contributed by atoms with van der Waals surface area (Å²) in [6, 6.07) is 14.8. The van der Waals surface area contributed by atoms with Gasteiger partial charge in [0.05, 0.1) is 11.1 Å². The topological polar surface area (TPSA) is 118 Å². The van der Waals surface area contributed by atoms with E-state index in [4.69, 9.17) is 4.74 Å². The molecular weight excluding hydrogens is 496 g/mol. The molecule has 0 saturated heterocycles. The number of esters is 2. The number of ether oxygens (including phenoxy) is 1. The molecule has 4 unspecified atom stereocenters. The molecule has 0 fully saturated rings. The van der Waals surface area contributed by atoms with Crippen LogP contribution in [0.2, 0.25) is 0 Å². The maximum atomic E-state index is 12.7. The van der Waals surface area contributed by atoms with Crippen LogP contribution in [0.1, 0.15) is 87.2 Å². The van der Waals surface area contributed by atoms with Crippen molar-refractivity contribution in [1.82, 2.24) is 0 Å². The minimum Gasteiger partial charge on any atom is -0.481 e. The highest BCUT2D eigenvalue weighted by molar-refractivity contribution is 6.22. The molecule has 0 spiro atoms. The van der Waals surface area contributed by atoms with Crippen LogP contribution < -0.4 is 0 Å². The first-order chi connectivity index (χ1) is 18.4. The van der Waals surface area contributed by atoms with Gasteiger partial charge in [-0.2, -0.15) is 0 Å². The third-order valence-electron chi connectivity index (χ3n) is 10.2. The Kier molecular flexibility index (Phi) is 3.67. The normalized spacial score (nSPS) is 29.1. The Morgan fingerprint density at radius 2 is 1.15 bits per heavy atom. The van der Waals surface area contributed by atoms with Crippen molar-refractivity contribution >= 4 is 45.4 Å². The molecule has 4 aromatic rings. The maximum absolute atomic E-state index is 12.7. The van der Waals surface area contributed by atoms with Crippen LogP contribution in [0.25, 0.3) is 21.5 Å². The Labute approximate surface area is 222 Å². The lowest BCUT2D eigenvalue weighted by Crippen LogP contribution is -2.44. The zero-order valence-electron chi connectivity index (χ0n) is 21.3. The van der Waals surface area contributed by atoms with Gasteiger partial charge in [0.1, 0.15) is 11.3 Å². The maximum Gasteiger partial charge on any atom is 0.346 e. The van der Waals surface area contributed by atoms with Gasteiger partial charge in [0, 0.05) is 16.2 Å². The van der Waals surface area contributed by atoms with Gasteiger partial charge in [-0.3, -0.25) is 9.59 Å². The molecule has 7 nitrogen and oxygen atoms in total. The van der Waals surface area contributed by atoms with E-state index < -0.39 is 46.0 Å². The van der Waals surface area contributed by atoms with Gasteiger partial charge in [0.2, 0.25) is 0 Å². The van der Waals surface area contributed by atoms with E-state index in [-0.39, 0.29) is 0 Å². The summed E-state index contributed by atoms with van der Waals surface area (Å²) >= 11 is 0. The SMILES string of the molecule is CC12CC(C)(c3ccc4c5c(ccc1c35)C(=O)OC4=O)c1ccc3c4c(ccc2c14)C(C(=O)O)C3(C)C(=O)O. The van der Waals surface area contributed by atoms with Crippen LogP contribution in [0.3, 0.4) is 0 Å². The van der Waals surface area contributed by atoms with E-state index in [9.17, 15) is 29.4 Å². The van der Waals surface area contributed by atoms with Crippen LogP contribution in [-0.4, -0.2) is 34.1 Å². The quantitative estimate of drug-likeness (QED) is 0.278.